The number of carbonyl (C=O) groups excluding carboxylic acids is 2. The molecule has 17 heavy (non-hydrogen) atoms. The van der Waals surface area contributed by atoms with Crippen molar-refractivity contribution in [2.45, 2.75) is 38.8 Å². The van der Waals surface area contributed by atoms with E-state index in [1.165, 1.54) is 7.11 Å². The van der Waals surface area contributed by atoms with E-state index in [2.05, 4.69) is 10.1 Å². The number of rotatable bonds is 4. The maximum absolute atomic E-state index is 11.4. The van der Waals surface area contributed by atoms with Gasteiger partial charge in [0.05, 0.1) is 24.6 Å². The van der Waals surface area contributed by atoms with E-state index in [1.807, 2.05) is 0 Å². The largest absolute Gasteiger partial charge is 0.469 e. The van der Waals surface area contributed by atoms with Crippen molar-refractivity contribution < 1.29 is 19.1 Å². The van der Waals surface area contributed by atoms with Gasteiger partial charge in [-0.15, -0.1) is 0 Å². The minimum atomic E-state index is -0.771. The van der Waals surface area contributed by atoms with Crippen molar-refractivity contribution in [1.29, 1.82) is 0 Å². The number of hydrogen-bond acceptors (Lipinski definition) is 5. The Balaban J connectivity index is 4.41. The van der Waals surface area contributed by atoms with Crippen molar-refractivity contribution in [3.63, 3.8) is 0 Å². The van der Waals surface area contributed by atoms with Gasteiger partial charge in [0.1, 0.15) is 5.60 Å². The van der Waals surface area contributed by atoms with E-state index in [0.29, 0.717) is 0 Å². The zero-order valence-corrected chi connectivity index (χ0v) is 11.2. The summed E-state index contributed by atoms with van der Waals surface area (Å²) in [7, 11) is 1.24. The highest BCUT2D eigenvalue weighted by atomic mass is 32.1. The Labute approximate surface area is 106 Å². The highest BCUT2D eigenvalue weighted by Crippen LogP contribution is 2.07. The lowest BCUT2D eigenvalue weighted by Crippen LogP contribution is -2.46. The first kappa shape index (κ1) is 15.6. The normalized spacial score (nSPS) is 12.5. The molecule has 0 fully saturated rings. The van der Waals surface area contributed by atoms with Crippen LogP contribution in [0.1, 0.15) is 27.2 Å². The van der Waals surface area contributed by atoms with Gasteiger partial charge in [-0.1, -0.05) is 12.2 Å². The number of amides is 1. The van der Waals surface area contributed by atoms with Crippen LogP contribution in [0, 0.1) is 0 Å². The zero-order chi connectivity index (χ0) is 13.6. The lowest BCUT2D eigenvalue weighted by atomic mass is 10.2. The Morgan fingerprint density at radius 3 is 2.29 bits per heavy atom. The number of carbonyl (C=O) groups is 2. The van der Waals surface area contributed by atoms with Gasteiger partial charge in [-0.25, -0.2) is 4.79 Å². The molecule has 0 radical (unpaired) electrons. The van der Waals surface area contributed by atoms with Gasteiger partial charge in [-0.3, -0.25) is 4.79 Å². The van der Waals surface area contributed by atoms with Gasteiger partial charge in [0, 0.05) is 0 Å². The maximum Gasteiger partial charge on any atom is 0.408 e. The number of thiocarbonyl (C=S) groups is 1. The Hall–Kier alpha value is -1.37. The van der Waals surface area contributed by atoms with Crippen molar-refractivity contribution in [2.24, 2.45) is 5.73 Å². The summed E-state index contributed by atoms with van der Waals surface area (Å²) in [5.41, 5.74) is 4.78. The third-order valence-electron chi connectivity index (χ3n) is 1.63. The molecule has 6 nitrogen and oxygen atoms in total. The van der Waals surface area contributed by atoms with Crippen molar-refractivity contribution in [3.8, 4) is 0 Å². The molecule has 0 aliphatic heterocycles. The fourth-order valence-corrected chi connectivity index (χ4v) is 1.06. The summed E-state index contributed by atoms with van der Waals surface area (Å²) >= 11 is 4.74. The first-order chi connectivity index (χ1) is 7.65. The number of nitrogens with two attached hydrogens (primary N) is 1. The first-order valence-corrected chi connectivity index (χ1v) is 5.42. The van der Waals surface area contributed by atoms with Gasteiger partial charge in [0.15, 0.2) is 0 Å². The van der Waals surface area contributed by atoms with E-state index in [-0.39, 0.29) is 11.4 Å². The van der Waals surface area contributed by atoms with Crippen LogP contribution in [0.5, 0.6) is 0 Å². The van der Waals surface area contributed by atoms with Gasteiger partial charge in [-0.05, 0) is 20.8 Å². The molecular weight excluding hydrogens is 244 g/mol. The fraction of sp³-hybridized carbons (Fsp3) is 0.700. The molecule has 0 aromatic carbocycles. The van der Waals surface area contributed by atoms with Crippen LogP contribution in [0.25, 0.3) is 0 Å². The lowest BCUT2D eigenvalue weighted by molar-refractivity contribution is -0.140. The van der Waals surface area contributed by atoms with E-state index < -0.39 is 23.7 Å². The van der Waals surface area contributed by atoms with E-state index in [0.717, 1.165) is 0 Å². The number of methoxy groups -OCH3 is 1. The Kier molecular flexibility index (Phi) is 5.87. The minimum absolute atomic E-state index is 0.00117. The molecule has 0 aliphatic rings. The zero-order valence-electron chi connectivity index (χ0n) is 10.4. The standard InChI is InChI=1S/C10H18N2O4S/c1-10(2,3)16-9(14)12-6(8(11)17)5-7(13)15-4/h6H,5H2,1-4H3,(H2,11,17)(H,12,14). The molecule has 98 valence electrons. The van der Waals surface area contributed by atoms with Crippen LogP contribution in [0.15, 0.2) is 0 Å². The molecule has 0 saturated heterocycles. The van der Waals surface area contributed by atoms with Gasteiger partial charge >= 0.3 is 12.1 Å². The average Bonchev–Trinajstić information content (AvgIpc) is 2.13. The summed E-state index contributed by atoms with van der Waals surface area (Å²) in [4.78, 5) is 22.5. The summed E-state index contributed by atoms with van der Waals surface area (Å²) < 4.78 is 9.48. The molecule has 0 saturated carbocycles. The number of alkyl carbamates (subject to hydrolysis) is 1. The monoisotopic (exact) mass is 262 g/mol. The second-order valence-electron chi connectivity index (χ2n) is 4.38. The molecule has 0 bridgehead atoms. The van der Waals surface area contributed by atoms with Crippen molar-refractivity contribution in [1.82, 2.24) is 5.32 Å². The number of esters is 1. The average molecular weight is 262 g/mol. The quantitative estimate of drug-likeness (QED) is 0.573. The lowest BCUT2D eigenvalue weighted by Gasteiger charge is -2.22. The van der Waals surface area contributed by atoms with Crippen molar-refractivity contribution in [2.75, 3.05) is 7.11 Å². The van der Waals surface area contributed by atoms with E-state index >= 15 is 0 Å². The number of nitrogens with one attached hydrogen (secondary N) is 1. The second-order valence-corrected chi connectivity index (χ2v) is 4.85. The summed E-state index contributed by atoms with van der Waals surface area (Å²) in [5, 5.41) is 2.41. The third-order valence-corrected chi connectivity index (χ3v) is 1.92. The van der Waals surface area contributed by atoms with Crippen LogP contribution in [0.2, 0.25) is 0 Å². The van der Waals surface area contributed by atoms with Crippen LogP contribution in [0.3, 0.4) is 0 Å². The van der Waals surface area contributed by atoms with Gasteiger partial charge < -0.3 is 20.5 Å². The minimum Gasteiger partial charge on any atom is -0.469 e. The van der Waals surface area contributed by atoms with Crippen molar-refractivity contribution >= 4 is 29.3 Å². The predicted molar refractivity (Wildman–Crippen MR) is 66.6 cm³/mol. The number of hydrogen-bond donors (Lipinski definition) is 2. The number of ether oxygens (including phenoxy) is 2. The summed E-state index contributed by atoms with van der Waals surface area (Å²) in [6, 6.07) is -0.771. The van der Waals surface area contributed by atoms with Gasteiger partial charge in [-0.2, -0.15) is 0 Å². The van der Waals surface area contributed by atoms with Crippen LogP contribution in [-0.4, -0.2) is 35.8 Å². The Bertz CT molecular complexity index is 312. The summed E-state index contributed by atoms with van der Waals surface area (Å²) in [6.07, 6.45) is -0.801. The molecule has 1 amide bonds. The SMILES string of the molecule is COC(=O)CC(NC(=O)OC(C)(C)C)C(N)=S. The highest BCUT2D eigenvalue weighted by Gasteiger charge is 2.23. The Morgan fingerprint density at radius 1 is 1.41 bits per heavy atom. The summed E-state index contributed by atoms with van der Waals surface area (Å²) in [5.74, 6) is -0.515. The third kappa shape index (κ3) is 7.51. The second kappa shape index (κ2) is 6.39. The molecule has 0 heterocycles. The molecule has 1 atom stereocenters. The molecule has 0 aromatic rings. The predicted octanol–water partition coefficient (Wildman–Crippen LogP) is 0.729. The van der Waals surface area contributed by atoms with Crippen LogP contribution >= 0.6 is 12.2 Å². The highest BCUT2D eigenvalue weighted by molar-refractivity contribution is 7.80. The topological polar surface area (TPSA) is 90.6 Å². The first-order valence-electron chi connectivity index (χ1n) is 5.01. The van der Waals surface area contributed by atoms with Crippen molar-refractivity contribution in [3.05, 3.63) is 0 Å². The van der Waals surface area contributed by atoms with Crippen LogP contribution in [-0.2, 0) is 14.3 Å². The molecule has 1 unspecified atom stereocenters. The van der Waals surface area contributed by atoms with Crippen LogP contribution < -0.4 is 11.1 Å². The van der Waals surface area contributed by atoms with Gasteiger partial charge in [0.25, 0.3) is 0 Å². The van der Waals surface area contributed by atoms with E-state index in [4.69, 9.17) is 22.7 Å². The molecule has 7 heteroatoms. The van der Waals surface area contributed by atoms with E-state index in [1.54, 1.807) is 20.8 Å². The smallest absolute Gasteiger partial charge is 0.408 e. The van der Waals surface area contributed by atoms with Gasteiger partial charge in [0.2, 0.25) is 0 Å². The molecule has 3 N–H and O–H groups in total. The van der Waals surface area contributed by atoms with Crippen LogP contribution in [0.4, 0.5) is 4.79 Å². The molecule has 0 rings (SSSR count). The molecule has 0 spiro atoms. The summed E-state index contributed by atoms with van der Waals surface area (Å²) in [6.45, 7) is 5.17. The molecule has 0 aliphatic carbocycles. The maximum atomic E-state index is 11.4. The Morgan fingerprint density at radius 2 is 1.94 bits per heavy atom. The van der Waals surface area contributed by atoms with E-state index in [9.17, 15) is 9.59 Å². The molecular formula is C10H18N2O4S. The fourth-order valence-electron chi connectivity index (χ4n) is 0.923. The molecule has 0 aromatic heterocycles.